The van der Waals surface area contributed by atoms with E-state index in [1.165, 1.54) is 16.1 Å². The number of amides is 1. The van der Waals surface area contributed by atoms with Gasteiger partial charge < -0.3 is 5.32 Å². The van der Waals surface area contributed by atoms with Crippen molar-refractivity contribution >= 4 is 21.6 Å². The number of hydrogen-bond donors (Lipinski definition) is 1. The molecule has 1 N–H and O–H groups in total. The van der Waals surface area contributed by atoms with E-state index in [-0.39, 0.29) is 18.9 Å². The second-order valence-electron chi connectivity index (χ2n) is 6.51. The van der Waals surface area contributed by atoms with E-state index in [1.54, 1.807) is 6.07 Å². The van der Waals surface area contributed by atoms with Crippen LogP contribution in [0.3, 0.4) is 0 Å². The minimum Gasteiger partial charge on any atom is -0.356 e. The molecule has 6 heteroatoms. The Bertz CT molecular complexity index is 836. The largest absolute Gasteiger partial charge is 0.356 e. The number of nitrogens with zero attached hydrogens (tertiary/aromatic N) is 1. The van der Waals surface area contributed by atoms with Gasteiger partial charge in [-0.2, -0.15) is 0 Å². The minimum atomic E-state index is -3.45. The molecule has 2 aromatic carbocycles. The summed E-state index contributed by atoms with van der Waals surface area (Å²) < 4.78 is 25.8. The van der Waals surface area contributed by atoms with Crippen LogP contribution in [0.5, 0.6) is 0 Å². The Labute approximate surface area is 162 Å². The molecule has 0 heterocycles. The van der Waals surface area contributed by atoms with E-state index >= 15 is 0 Å². The van der Waals surface area contributed by atoms with Crippen LogP contribution in [0.25, 0.3) is 0 Å². The van der Waals surface area contributed by atoms with E-state index in [0.717, 1.165) is 24.8 Å². The number of nitrogens with one attached hydrogen (secondary N) is 1. The van der Waals surface area contributed by atoms with E-state index in [9.17, 15) is 13.2 Å². The van der Waals surface area contributed by atoms with Crippen LogP contribution in [0.2, 0.25) is 0 Å². The molecule has 0 fully saturated rings. The van der Waals surface area contributed by atoms with Gasteiger partial charge in [-0.25, -0.2) is 8.42 Å². The van der Waals surface area contributed by atoms with Crippen LogP contribution in [0.4, 0.5) is 5.69 Å². The van der Waals surface area contributed by atoms with Gasteiger partial charge in [0.25, 0.3) is 0 Å². The van der Waals surface area contributed by atoms with Crippen molar-refractivity contribution in [2.75, 3.05) is 23.7 Å². The van der Waals surface area contributed by atoms with Crippen LogP contribution < -0.4 is 9.62 Å². The molecule has 0 unspecified atom stereocenters. The molecule has 0 saturated heterocycles. The molecule has 2 rings (SSSR count). The normalized spacial score (nSPS) is 11.2. The SMILES string of the molecule is CCc1ccccc1N(CCC(=O)NCCCc1ccccc1)S(C)(=O)=O. The molecule has 1 amide bonds. The highest BCUT2D eigenvalue weighted by Crippen LogP contribution is 2.23. The predicted molar refractivity (Wildman–Crippen MR) is 110 cm³/mol. The third kappa shape index (κ3) is 6.71. The molecule has 5 nitrogen and oxygen atoms in total. The van der Waals surface area contributed by atoms with Gasteiger partial charge in [-0.1, -0.05) is 55.5 Å². The molecule has 0 atom stereocenters. The Hall–Kier alpha value is -2.34. The number of rotatable bonds is 10. The molecule has 0 saturated carbocycles. The lowest BCUT2D eigenvalue weighted by molar-refractivity contribution is -0.120. The van der Waals surface area contributed by atoms with Gasteiger partial charge in [-0.05, 0) is 36.5 Å². The van der Waals surface area contributed by atoms with Crippen LogP contribution in [0.1, 0.15) is 30.9 Å². The number of sulfonamides is 1. The van der Waals surface area contributed by atoms with Crippen LogP contribution >= 0.6 is 0 Å². The summed E-state index contributed by atoms with van der Waals surface area (Å²) in [6.07, 6.45) is 3.80. The first-order valence-electron chi connectivity index (χ1n) is 9.28. The third-order valence-electron chi connectivity index (χ3n) is 4.39. The Morgan fingerprint density at radius 2 is 1.70 bits per heavy atom. The number of aryl methyl sites for hydroxylation is 2. The zero-order valence-electron chi connectivity index (χ0n) is 16.0. The monoisotopic (exact) mass is 388 g/mol. The molecule has 0 aliphatic rings. The Morgan fingerprint density at radius 1 is 1.04 bits per heavy atom. The number of para-hydroxylation sites is 1. The molecule has 2 aromatic rings. The lowest BCUT2D eigenvalue weighted by Gasteiger charge is -2.24. The summed E-state index contributed by atoms with van der Waals surface area (Å²) in [6, 6.07) is 17.5. The maximum absolute atomic E-state index is 12.2. The Kier molecular flexibility index (Phi) is 7.85. The number of carbonyl (C=O) groups is 1. The van der Waals surface area contributed by atoms with E-state index in [4.69, 9.17) is 0 Å². The van der Waals surface area contributed by atoms with Gasteiger partial charge in [-0.15, -0.1) is 0 Å². The fraction of sp³-hybridized carbons (Fsp3) is 0.381. The molecule has 0 aromatic heterocycles. The van der Waals surface area contributed by atoms with Crippen molar-refractivity contribution in [1.82, 2.24) is 5.32 Å². The quantitative estimate of drug-likeness (QED) is 0.636. The van der Waals surface area contributed by atoms with Crippen molar-refractivity contribution in [1.29, 1.82) is 0 Å². The van der Waals surface area contributed by atoms with Gasteiger partial charge in [0.05, 0.1) is 11.9 Å². The number of anilines is 1. The first-order chi connectivity index (χ1) is 12.9. The van der Waals surface area contributed by atoms with Gasteiger partial charge >= 0.3 is 0 Å². The fourth-order valence-electron chi connectivity index (χ4n) is 2.97. The van der Waals surface area contributed by atoms with E-state index < -0.39 is 10.0 Å². The number of benzene rings is 2. The predicted octanol–water partition coefficient (Wildman–Crippen LogP) is 3.15. The first kappa shape index (κ1) is 21.0. The summed E-state index contributed by atoms with van der Waals surface area (Å²) in [5.74, 6) is -0.134. The molecular formula is C21H28N2O3S. The zero-order chi connectivity index (χ0) is 19.7. The summed E-state index contributed by atoms with van der Waals surface area (Å²) >= 11 is 0. The second-order valence-corrected chi connectivity index (χ2v) is 8.41. The van der Waals surface area contributed by atoms with Gasteiger partial charge in [0.1, 0.15) is 0 Å². The number of hydrogen-bond acceptors (Lipinski definition) is 3. The van der Waals surface area contributed by atoms with Gasteiger partial charge in [0, 0.05) is 19.5 Å². The highest BCUT2D eigenvalue weighted by molar-refractivity contribution is 7.92. The maximum atomic E-state index is 12.2. The van der Waals surface area contributed by atoms with E-state index in [2.05, 4.69) is 17.4 Å². The molecule has 0 radical (unpaired) electrons. The second kappa shape index (κ2) is 10.1. The van der Waals surface area contributed by atoms with Crippen molar-refractivity contribution in [3.8, 4) is 0 Å². The molecule has 27 heavy (non-hydrogen) atoms. The standard InChI is InChI=1S/C21H28N2O3S/c1-3-19-13-7-8-14-20(19)23(27(2,25)26)17-15-21(24)22-16-9-12-18-10-5-4-6-11-18/h4-8,10-11,13-14H,3,9,12,15-17H2,1-2H3,(H,22,24). The average molecular weight is 389 g/mol. The topological polar surface area (TPSA) is 66.5 Å². The van der Waals surface area contributed by atoms with Gasteiger partial charge in [0.2, 0.25) is 15.9 Å². The van der Waals surface area contributed by atoms with Crippen molar-refractivity contribution in [2.45, 2.75) is 32.6 Å². The average Bonchev–Trinajstić information content (AvgIpc) is 2.65. The molecule has 0 aliphatic carbocycles. The number of carbonyl (C=O) groups excluding carboxylic acids is 1. The van der Waals surface area contributed by atoms with E-state index in [1.807, 2.05) is 43.3 Å². The van der Waals surface area contributed by atoms with Crippen molar-refractivity contribution in [3.63, 3.8) is 0 Å². The summed E-state index contributed by atoms with van der Waals surface area (Å²) in [7, 11) is -3.45. The maximum Gasteiger partial charge on any atom is 0.232 e. The minimum absolute atomic E-state index is 0.134. The van der Waals surface area contributed by atoms with Crippen LogP contribution in [-0.2, 0) is 27.7 Å². The molecular weight excluding hydrogens is 360 g/mol. The third-order valence-corrected chi connectivity index (χ3v) is 5.57. The Morgan fingerprint density at radius 3 is 2.37 bits per heavy atom. The molecule has 0 spiro atoms. The van der Waals surface area contributed by atoms with Crippen LogP contribution in [-0.4, -0.2) is 33.7 Å². The smallest absolute Gasteiger partial charge is 0.232 e. The molecule has 0 aliphatic heterocycles. The highest BCUT2D eigenvalue weighted by Gasteiger charge is 2.20. The fourth-order valence-corrected chi connectivity index (χ4v) is 3.93. The summed E-state index contributed by atoms with van der Waals surface area (Å²) in [6.45, 7) is 2.71. The molecule has 0 bridgehead atoms. The van der Waals surface area contributed by atoms with Gasteiger partial charge in [0.15, 0.2) is 0 Å². The first-order valence-corrected chi connectivity index (χ1v) is 11.1. The van der Waals surface area contributed by atoms with Gasteiger partial charge in [-0.3, -0.25) is 9.10 Å². The molecule has 146 valence electrons. The summed E-state index contributed by atoms with van der Waals surface area (Å²) in [5, 5.41) is 2.88. The van der Waals surface area contributed by atoms with Crippen molar-refractivity contribution in [3.05, 3.63) is 65.7 Å². The Balaban J connectivity index is 1.86. The van der Waals surface area contributed by atoms with E-state index in [0.29, 0.717) is 12.2 Å². The van der Waals surface area contributed by atoms with Crippen molar-refractivity contribution in [2.24, 2.45) is 0 Å². The highest BCUT2D eigenvalue weighted by atomic mass is 32.2. The van der Waals surface area contributed by atoms with Crippen molar-refractivity contribution < 1.29 is 13.2 Å². The summed E-state index contributed by atoms with van der Waals surface area (Å²) in [4.78, 5) is 12.1. The zero-order valence-corrected chi connectivity index (χ0v) is 16.8. The lowest BCUT2D eigenvalue weighted by atomic mass is 10.1. The summed E-state index contributed by atoms with van der Waals surface area (Å²) in [5.41, 5.74) is 2.84. The van der Waals surface area contributed by atoms with Crippen LogP contribution in [0.15, 0.2) is 54.6 Å². The van der Waals surface area contributed by atoms with Crippen LogP contribution in [0, 0.1) is 0 Å². The lowest BCUT2D eigenvalue weighted by Crippen LogP contribution is -2.35.